The predicted molar refractivity (Wildman–Crippen MR) is 115 cm³/mol. The number of aryl methyl sites for hydroxylation is 3. The normalized spacial score (nSPS) is 10.9. The number of hydrogen-bond donors (Lipinski definition) is 2. The van der Waals surface area contributed by atoms with Crippen molar-refractivity contribution in [1.82, 2.24) is 9.88 Å². The molecule has 5 nitrogen and oxygen atoms in total. The minimum absolute atomic E-state index is 0.152. The summed E-state index contributed by atoms with van der Waals surface area (Å²) < 4.78 is 0. The molecule has 3 rings (SSSR count). The zero-order chi connectivity index (χ0) is 20.4. The first-order valence-corrected chi connectivity index (χ1v) is 9.55. The summed E-state index contributed by atoms with van der Waals surface area (Å²) in [5, 5.41) is 3.99. The van der Waals surface area contributed by atoms with E-state index in [4.69, 9.17) is 0 Å². The number of amides is 2. The molecule has 2 N–H and O–H groups in total. The molecule has 0 aliphatic heterocycles. The number of nitrogens with zero attached hydrogens (tertiary/aromatic N) is 1. The van der Waals surface area contributed by atoms with E-state index >= 15 is 0 Å². The third-order valence-corrected chi connectivity index (χ3v) is 5.26. The van der Waals surface area contributed by atoms with Crippen LogP contribution in [0.5, 0.6) is 0 Å². The Morgan fingerprint density at radius 3 is 2.54 bits per heavy atom. The number of carbonyl (C=O) groups excluding carboxylic acids is 1. The molecule has 0 saturated carbocycles. The van der Waals surface area contributed by atoms with Gasteiger partial charge in [0.15, 0.2) is 0 Å². The number of nitrogens with one attached hydrogen (secondary N) is 2. The van der Waals surface area contributed by atoms with E-state index in [9.17, 15) is 9.59 Å². The lowest BCUT2D eigenvalue weighted by Crippen LogP contribution is -2.34. The van der Waals surface area contributed by atoms with Crippen molar-refractivity contribution in [1.29, 1.82) is 0 Å². The van der Waals surface area contributed by atoms with Crippen molar-refractivity contribution in [2.24, 2.45) is 0 Å². The quantitative estimate of drug-likeness (QED) is 0.685. The molecule has 0 atom stereocenters. The summed E-state index contributed by atoms with van der Waals surface area (Å²) in [6.45, 7) is 10.9. The molecule has 2 amide bonds. The van der Waals surface area contributed by atoms with Gasteiger partial charge in [0.2, 0.25) is 5.56 Å². The van der Waals surface area contributed by atoms with E-state index in [1.165, 1.54) is 0 Å². The lowest BCUT2D eigenvalue weighted by atomic mass is 10.0. The second-order valence-corrected chi connectivity index (χ2v) is 7.36. The Kier molecular flexibility index (Phi) is 5.54. The number of H-pyrrole nitrogens is 1. The minimum Gasteiger partial charge on any atom is -0.322 e. The zero-order valence-corrected chi connectivity index (χ0v) is 17.1. The lowest BCUT2D eigenvalue weighted by molar-refractivity contribution is 0.212. The molecule has 1 heterocycles. The summed E-state index contributed by atoms with van der Waals surface area (Å²) >= 11 is 0. The van der Waals surface area contributed by atoms with Crippen molar-refractivity contribution < 1.29 is 4.79 Å². The highest BCUT2D eigenvalue weighted by Crippen LogP contribution is 2.23. The van der Waals surface area contributed by atoms with Gasteiger partial charge in [-0.05, 0) is 69.0 Å². The van der Waals surface area contributed by atoms with E-state index < -0.39 is 0 Å². The minimum atomic E-state index is -0.172. The van der Waals surface area contributed by atoms with Crippen LogP contribution in [0.1, 0.15) is 34.7 Å². The van der Waals surface area contributed by atoms with Gasteiger partial charge in [0.05, 0.1) is 5.52 Å². The van der Waals surface area contributed by atoms with Crippen LogP contribution in [0.25, 0.3) is 10.9 Å². The van der Waals surface area contributed by atoms with Gasteiger partial charge < -0.3 is 15.2 Å². The van der Waals surface area contributed by atoms with Gasteiger partial charge in [0.1, 0.15) is 0 Å². The fourth-order valence-corrected chi connectivity index (χ4v) is 3.53. The molecule has 0 saturated heterocycles. The van der Waals surface area contributed by atoms with Crippen LogP contribution in [-0.2, 0) is 6.54 Å². The maximum absolute atomic E-state index is 12.9. The largest absolute Gasteiger partial charge is 0.322 e. The Morgan fingerprint density at radius 1 is 1.07 bits per heavy atom. The van der Waals surface area contributed by atoms with E-state index in [1.807, 2.05) is 58.9 Å². The Hall–Kier alpha value is -3.08. The number of hydrogen-bond acceptors (Lipinski definition) is 2. The highest BCUT2D eigenvalue weighted by molar-refractivity contribution is 5.91. The summed E-state index contributed by atoms with van der Waals surface area (Å²) in [5.41, 5.74) is 6.68. The van der Waals surface area contributed by atoms with Crippen molar-refractivity contribution >= 4 is 22.6 Å². The summed E-state index contributed by atoms with van der Waals surface area (Å²) in [4.78, 5) is 29.7. The average molecular weight is 377 g/mol. The lowest BCUT2D eigenvalue weighted by Gasteiger charge is -2.23. The van der Waals surface area contributed by atoms with Gasteiger partial charge in [-0.25, -0.2) is 4.79 Å². The summed E-state index contributed by atoms with van der Waals surface area (Å²) in [5.74, 6) is 0. The van der Waals surface area contributed by atoms with Gasteiger partial charge in [0.25, 0.3) is 0 Å². The van der Waals surface area contributed by atoms with Crippen LogP contribution in [0.15, 0.2) is 41.2 Å². The second-order valence-electron chi connectivity index (χ2n) is 7.36. The van der Waals surface area contributed by atoms with Gasteiger partial charge in [0, 0.05) is 30.2 Å². The number of aromatic nitrogens is 1. The van der Waals surface area contributed by atoms with Crippen LogP contribution in [0.4, 0.5) is 10.5 Å². The van der Waals surface area contributed by atoms with Crippen LogP contribution in [0.2, 0.25) is 0 Å². The van der Waals surface area contributed by atoms with Crippen LogP contribution >= 0.6 is 0 Å². The number of pyridine rings is 1. The third kappa shape index (κ3) is 3.93. The smallest absolute Gasteiger partial charge is 0.322 e. The summed E-state index contributed by atoms with van der Waals surface area (Å²) in [6, 6.07) is 11.4. The third-order valence-electron chi connectivity index (χ3n) is 5.26. The Morgan fingerprint density at radius 2 is 1.82 bits per heavy atom. The number of anilines is 1. The number of benzene rings is 2. The van der Waals surface area contributed by atoms with Crippen LogP contribution < -0.4 is 10.9 Å². The number of rotatable bonds is 4. The molecule has 0 unspecified atom stereocenters. The molecule has 146 valence electrons. The average Bonchev–Trinajstić information content (AvgIpc) is 2.64. The van der Waals surface area contributed by atoms with Crippen molar-refractivity contribution in [3.05, 3.63) is 74.6 Å². The number of urea groups is 1. The van der Waals surface area contributed by atoms with Crippen molar-refractivity contribution in [3.63, 3.8) is 0 Å². The molecule has 0 bridgehead atoms. The van der Waals surface area contributed by atoms with E-state index in [-0.39, 0.29) is 11.6 Å². The topological polar surface area (TPSA) is 65.2 Å². The van der Waals surface area contributed by atoms with Crippen LogP contribution in [0, 0.1) is 27.7 Å². The first kappa shape index (κ1) is 19.7. The van der Waals surface area contributed by atoms with Crippen LogP contribution in [-0.4, -0.2) is 22.5 Å². The Bertz CT molecular complexity index is 1100. The molecule has 0 aliphatic carbocycles. The van der Waals surface area contributed by atoms with E-state index in [0.717, 1.165) is 44.4 Å². The maximum atomic E-state index is 12.9. The van der Waals surface area contributed by atoms with Gasteiger partial charge in [-0.15, -0.1) is 0 Å². The number of aromatic amines is 1. The fraction of sp³-hybridized carbons (Fsp3) is 0.304. The van der Waals surface area contributed by atoms with E-state index in [1.54, 1.807) is 11.0 Å². The monoisotopic (exact) mass is 377 g/mol. The second kappa shape index (κ2) is 7.89. The van der Waals surface area contributed by atoms with Crippen molar-refractivity contribution in [2.45, 2.75) is 41.2 Å². The highest BCUT2D eigenvalue weighted by Gasteiger charge is 2.16. The fourth-order valence-electron chi connectivity index (χ4n) is 3.53. The van der Waals surface area contributed by atoms with E-state index in [0.29, 0.717) is 13.1 Å². The Labute approximate surface area is 165 Å². The standard InChI is InChI=1S/C23H27N3O2/c1-6-26(23(28)24-20-9-7-8-15(3)17(20)5)13-18-12-21(27)25-22-16(4)10-14(2)11-19(18)22/h7-12H,6,13H2,1-5H3,(H,24,28)(H,25,27). The summed E-state index contributed by atoms with van der Waals surface area (Å²) in [7, 11) is 0. The zero-order valence-electron chi connectivity index (χ0n) is 17.1. The SMILES string of the molecule is CCN(Cc1cc(=O)[nH]c2c(C)cc(C)cc12)C(=O)Nc1cccc(C)c1C. The Balaban J connectivity index is 1.94. The van der Waals surface area contributed by atoms with Gasteiger partial charge in [-0.3, -0.25) is 4.79 Å². The molecule has 28 heavy (non-hydrogen) atoms. The van der Waals surface area contributed by atoms with Gasteiger partial charge in [-0.2, -0.15) is 0 Å². The molecule has 2 aromatic carbocycles. The maximum Gasteiger partial charge on any atom is 0.322 e. The molecule has 0 spiro atoms. The van der Waals surface area contributed by atoms with Crippen molar-refractivity contribution in [2.75, 3.05) is 11.9 Å². The molecule has 0 fully saturated rings. The molecular formula is C23H27N3O2. The molecule has 1 aromatic heterocycles. The first-order chi connectivity index (χ1) is 13.3. The molecular weight excluding hydrogens is 350 g/mol. The van der Waals surface area contributed by atoms with E-state index in [2.05, 4.69) is 16.4 Å². The number of fused-ring (bicyclic) bond motifs is 1. The molecule has 5 heteroatoms. The molecule has 3 aromatic rings. The van der Waals surface area contributed by atoms with Gasteiger partial charge in [-0.1, -0.05) is 23.8 Å². The van der Waals surface area contributed by atoms with Gasteiger partial charge >= 0.3 is 6.03 Å². The first-order valence-electron chi connectivity index (χ1n) is 9.55. The molecule has 0 aliphatic rings. The molecule has 0 radical (unpaired) electrons. The van der Waals surface area contributed by atoms with Crippen molar-refractivity contribution in [3.8, 4) is 0 Å². The highest BCUT2D eigenvalue weighted by atomic mass is 16.2. The predicted octanol–water partition coefficient (Wildman–Crippen LogP) is 4.82. The summed E-state index contributed by atoms with van der Waals surface area (Å²) in [6.07, 6.45) is 0. The number of carbonyl (C=O) groups is 1. The van der Waals surface area contributed by atoms with Crippen LogP contribution in [0.3, 0.4) is 0 Å².